The standard InChI is InChI=1S/C46H74N2O4/c1-7-9-11-13-15-17-19-23-27-39-51-45(49)41-29-33-43(34-30-41)47(3,4)37-25-21-22-26-38-48(5,6)44-35-31-42(32-36-44)46(50)52-40-28-24-20-18-16-14-12-10-8-2/h7-8,29-36H,1-2,9-28,37-40H2,3-6H3/q+2. The van der Waals surface area contributed by atoms with Gasteiger partial charge in [-0.25, -0.2) is 9.59 Å². The summed E-state index contributed by atoms with van der Waals surface area (Å²) in [4.78, 5) is 25.1. The fraction of sp³-hybridized carbons (Fsp3) is 0.609. The van der Waals surface area contributed by atoms with E-state index in [4.69, 9.17) is 9.47 Å². The molecule has 52 heavy (non-hydrogen) atoms. The highest BCUT2D eigenvalue weighted by Gasteiger charge is 2.21. The summed E-state index contributed by atoms with van der Waals surface area (Å²) < 4.78 is 12.7. The van der Waals surface area contributed by atoms with Crippen molar-refractivity contribution < 1.29 is 19.1 Å². The molecule has 0 unspecified atom stereocenters. The highest BCUT2D eigenvalue weighted by molar-refractivity contribution is 5.90. The summed E-state index contributed by atoms with van der Waals surface area (Å²) in [6.07, 6.45) is 27.5. The molecule has 0 N–H and O–H groups in total. The minimum absolute atomic E-state index is 0.223. The van der Waals surface area contributed by atoms with Crippen molar-refractivity contribution in [1.29, 1.82) is 0 Å². The van der Waals surface area contributed by atoms with Gasteiger partial charge in [0.15, 0.2) is 0 Å². The van der Waals surface area contributed by atoms with Crippen LogP contribution >= 0.6 is 0 Å². The van der Waals surface area contributed by atoms with Gasteiger partial charge in [0.05, 0.1) is 65.6 Å². The number of rotatable bonds is 31. The zero-order chi connectivity index (χ0) is 37.9. The Kier molecular flexibility index (Phi) is 22.9. The first-order valence-corrected chi connectivity index (χ1v) is 20.5. The number of carbonyl (C=O) groups excluding carboxylic acids is 2. The summed E-state index contributed by atoms with van der Waals surface area (Å²) in [5.41, 5.74) is 3.67. The third-order valence-electron chi connectivity index (χ3n) is 10.4. The molecular formula is C46H74N2O4+2. The normalized spacial score (nSPS) is 11.7. The first-order chi connectivity index (χ1) is 25.1. The lowest BCUT2D eigenvalue weighted by molar-refractivity contribution is 0.0488. The Morgan fingerprint density at radius 1 is 0.462 bits per heavy atom. The van der Waals surface area contributed by atoms with E-state index in [1.165, 1.54) is 88.4 Å². The van der Waals surface area contributed by atoms with Gasteiger partial charge in [0.1, 0.15) is 11.4 Å². The molecule has 0 atom stereocenters. The molecule has 0 amide bonds. The molecule has 0 aliphatic rings. The summed E-state index contributed by atoms with van der Waals surface area (Å²) in [6.45, 7) is 10.6. The Balaban J connectivity index is 1.60. The predicted octanol–water partition coefficient (Wildman–Crippen LogP) is 12.0. The number of esters is 2. The molecular weight excluding hydrogens is 645 g/mol. The molecule has 0 bridgehead atoms. The van der Waals surface area contributed by atoms with Crippen LogP contribution < -0.4 is 8.97 Å². The SMILES string of the molecule is C=CCCCCCCCCCOC(=O)c1ccc([N+](C)(C)CCCCCC[N+](C)(C)c2ccc(C(=O)OCCCCCCCCCC=C)cc2)cc1. The smallest absolute Gasteiger partial charge is 0.338 e. The van der Waals surface area contributed by atoms with Gasteiger partial charge in [-0.05, 0) is 113 Å². The lowest BCUT2D eigenvalue weighted by atomic mass is 10.1. The zero-order valence-electron chi connectivity index (χ0n) is 33.7. The van der Waals surface area contributed by atoms with Crippen LogP contribution in [0.1, 0.15) is 149 Å². The van der Waals surface area contributed by atoms with E-state index in [0.29, 0.717) is 24.3 Å². The first-order valence-electron chi connectivity index (χ1n) is 20.5. The Labute approximate surface area is 318 Å². The molecule has 6 heteroatoms. The van der Waals surface area contributed by atoms with Crippen molar-refractivity contribution in [3.05, 3.63) is 85.0 Å². The molecule has 0 aromatic heterocycles. The van der Waals surface area contributed by atoms with Crippen molar-refractivity contribution >= 4 is 23.3 Å². The number of unbranched alkanes of at least 4 members (excludes halogenated alkanes) is 17. The van der Waals surface area contributed by atoms with Crippen molar-refractivity contribution in [3.8, 4) is 0 Å². The van der Waals surface area contributed by atoms with Gasteiger partial charge in [0, 0.05) is 0 Å². The Morgan fingerprint density at radius 2 is 0.750 bits per heavy atom. The number of ether oxygens (including phenoxy) is 2. The average molecular weight is 719 g/mol. The van der Waals surface area contributed by atoms with Gasteiger partial charge in [-0.3, -0.25) is 8.97 Å². The Bertz CT molecular complexity index is 1170. The average Bonchev–Trinajstić information content (AvgIpc) is 3.14. The zero-order valence-corrected chi connectivity index (χ0v) is 33.7. The maximum absolute atomic E-state index is 12.6. The Morgan fingerprint density at radius 3 is 1.08 bits per heavy atom. The van der Waals surface area contributed by atoms with Crippen LogP contribution in [0.2, 0.25) is 0 Å². The minimum atomic E-state index is -0.223. The molecule has 2 rings (SSSR count). The molecule has 2 aromatic carbocycles. The van der Waals surface area contributed by atoms with Crippen molar-refractivity contribution in [2.24, 2.45) is 0 Å². The van der Waals surface area contributed by atoms with Crippen molar-refractivity contribution in [2.45, 2.75) is 128 Å². The van der Waals surface area contributed by atoms with Gasteiger partial charge < -0.3 is 9.47 Å². The highest BCUT2D eigenvalue weighted by Crippen LogP contribution is 2.23. The van der Waals surface area contributed by atoms with E-state index >= 15 is 0 Å². The van der Waals surface area contributed by atoms with Gasteiger partial charge >= 0.3 is 11.9 Å². The second-order valence-electron chi connectivity index (χ2n) is 15.7. The van der Waals surface area contributed by atoms with Crippen LogP contribution in [0.5, 0.6) is 0 Å². The van der Waals surface area contributed by atoms with Crippen molar-refractivity contribution in [1.82, 2.24) is 8.97 Å². The molecule has 0 saturated carbocycles. The van der Waals surface area contributed by atoms with Gasteiger partial charge in [0.2, 0.25) is 0 Å². The van der Waals surface area contributed by atoms with Crippen molar-refractivity contribution in [2.75, 3.05) is 54.5 Å². The predicted molar refractivity (Wildman–Crippen MR) is 223 cm³/mol. The van der Waals surface area contributed by atoms with Crippen LogP contribution in [0.4, 0.5) is 11.4 Å². The molecule has 0 heterocycles. The van der Waals surface area contributed by atoms with Crippen molar-refractivity contribution in [3.63, 3.8) is 0 Å². The van der Waals surface area contributed by atoms with E-state index in [1.54, 1.807) is 0 Å². The third kappa shape index (κ3) is 19.0. The number of hydrogen-bond donors (Lipinski definition) is 0. The molecule has 0 spiro atoms. The van der Waals surface area contributed by atoms with E-state index in [9.17, 15) is 9.59 Å². The summed E-state index contributed by atoms with van der Waals surface area (Å²) in [5.74, 6) is -0.447. The van der Waals surface area contributed by atoms with Crippen LogP contribution in [0.25, 0.3) is 0 Å². The molecule has 2 aromatic rings. The van der Waals surface area contributed by atoms with E-state index < -0.39 is 0 Å². The molecule has 290 valence electrons. The highest BCUT2D eigenvalue weighted by atomic mass is 16.5. The molecule has 0 aliphatic carbocycles. The van der Waals surface area contributed by atoms with E-state index in [0.717, 1.165) is 73.4 Å². The van der Waals surface area contributed by atoms with Crippen LogP contribution in [-0.4, -0.2) is 66.4 Å². The van der Waals surface area contributed by atoms with Gasteiger partial charge in [-0.15, -0.1) is 13.2 Å². The van der Waals surface area contributed by atoms with Crippen LogP contribution in [0, 0.1) is 0 Å². The summed E-state index contributed by atoms with van der Waals surface area (Å²) in [7, 11) is 8.95. The fourth-order valence-electron chi connectivity index (χ4n) is 6.67. The van der Waals surface area contributed by atoms with Crippen LogP contribution in [-0.2, 0) is 9.47 Å². The third-order valence-corrected chi connectivity index (χ3v) is 10.4. The number of benzene rings is 2. The van der Waals surface area contributed by atoms with E-state index in [1.807, 2.05) is 36.4 Å². The number of hydrogen-bond acceptors (Lipinski definition) is 4. The molecule has 0 fully saturated rings. The fourth-order valence-corrected chi connectivity index (χ4v) is 6.67. The maximum Gasteiger partial charge on any atom is 0.338 e. The van der Waals surface area contributed by atoms with Gasteiger partial charge in [0.25, 0.3) is 0 Å². The number of carbonyl (C=O) groups is 2. The lowest BCUT2D eigenvalue weighted by Crippen LogP contribution is -2.41. The number of quaternary nitrogens is 2. The monoisotopic (exact) mass is 719 g/mol. The molecule has 0 saturated heterocycles. The second kappa shape index (κ2) is 26.5. The molecule has 0 aliphatic heterocycles. The van der Waals surface area contributed by atoms with Gasteiger partial charge in [-0.1, -0.05) is 76.4 Å². The van der Waals surface area contributed by atoms with Gasteiger partial charge in [-0.2, -0.15) is 0 Å². The summed E-state index contributed by atoms with van der Waals surface area (Å²) in [5, 5.41) is 0. The topological polar surface area (TPSA) is 52.6 Å². The van der Waals surface area contributed by atoms with Crippen LogP contribution in [0.15, 0.2) is 73.8 Å². The summed E-state index contributed by atoms with van der Waals surface area (Å²) >= 11 is 0. The van der Waals surface area contributed by atoms with E-state index in [-0.39, 0.29) is 11.9 Å². The number of allylic oxidation sites excluding steroid dienone is 2. The number of nitrogens with zero attached hydrogens (tertiary/aromatic N) is 2. The largest absolute Gasteiger partial charge is 0.462 e. The van der Waals surface area contributed by atoms with Crippen LogP contribution in [0.3, 0.4) is 0 Å². The van der Waals surface area contributed by atoms with E-state index in [2.05, 4.69) is 65.6 Å². The lowest BCUT2D eigenvalue weighted by Gasteiger charge is -2.30. The molecule has 0 radical (unpaired) electrons. The Hall–Kier alpha value is -3.22. The first kappa shape index (κ1) is 44.9. The summed E-state index contributed by atoms with van der Waals surface area (Å²) in [6, 6.07) is 15.9. The quantitative estimate of drug-likeness (QED) is 0.0337. The maximum atomic E-state index is 12.6. The molecule has 6 nitrogen and oxygen atoms in total. The minimum Gasteiger partial charge on any atom is -0.462 e. The second-order valence-corrected chi connectivity index (χ2v) is 15.7.